The summed E-state index contributed by atoms with van der Waals surface area (Å²) < 4.78 is 5.77. The van der Waals surface area contributed by atoms with E-state index in [9.17, 15) is 14.7 Å². The number of carbonyl (C=O) groups is 2. The number of likely N-dealkylation sites (N-methyl/N-ethyl adjacent to an activating group) is 1. The molecule has 0 aliphatic heterocycles. The molecule has 0 saturated heterocycles. The van der Waals surface area contributed by atoms with E-state index in [0.717, 1.165) is 17.5 Å². The van der Waals surface area contributed by atoms with E-state index in [-0.39, 0.29) is 17.9 Å². The third kappa shape index (κ3) is 3.26. The summed E-state index contributed by atoms with van der Waals surface area (Å²) in [6, 6.07) is 16.4. The Kier molecular flexibility index (Phi) is 5.08. The first kappa shape index (κ1) is 20.5. The number of carboxylic acid groups (broad SMARTS) is 1. The Morgan fingerprint density at radius 3 is 2.07 bits per heavy atom. The van der Waals surface area contributed by atoms with Crippen LogP contribution in [0.5, 0.6) is 0 Å². The lowest BCUT2D eigenvalue weighted by Gasteiger charge is -2.37. The zero-order valence-corrected chi connectivity index (χ0v) is 17.9. The summed E-state index contributed by atoms with van der Waals surface area (Å²) in [5.41, 5.74) is 3.31. The molecule has 1 unspecified atom stereocenters. The fraction of sp³-hybridized carbons (Fsp3) is 0.440. The SMILES string of the molecule is CCN(C(=O)OCC1c2ccccc2-c2ccccc21)C1(C(=O)O)CCC(C)(C)C1. The Hall–Kier alpha value is -2.82. The van der Waals surface area contributed by atoms with Gasteiger partial charge >= 0.3 is 12.1 Å². The Morgan fingerprint density at radius 1 is 1.03 bits per heavy atom. The van der Waals surface area contributed by atoms with E-state index in [1.54, 1.807) is 0 Å². The van der Waals surface area contributed by atoms with Gasteiger partial charge in [0.1, 0.15) is 12.1 Å². The molecule has 0 radical (unpaired) electrons. The number of rotatable bonds is 5. The number of fused-ring (bicyclic) bond motifs is 3. The molecule has 0 aromatic heterocycles. The first-order valence-corrected chi connectivity index (χ1v) is 10.6. The molecule has 1 saturated carbocycles. The lowest BCUT2D eigenvalue weighted by atomic mass is 9.87. The van der Waals surface area contributed by atoms with Crippen molar-refractivity contribution in [2.24, 2.45) is 5.41 Å². The third-order valence-corrected chi connectivity index (χ3v) is 6.77. The smallest absolute Gasteiger partial charge is 0.410 e. The predicted octanol–water partition coefficient (Wildman–Crippen LogP) is 5.29. The molecule has 1 amide bonds. The van der Waals surface area contributed by atoms with Crippen molar-refractivity contribution >= 4 is 12.1 Å². The quantitative estimate of drug-likeness (QED) is 0.731. The number of benzene rings is 2. The van der Waals surface area contributed by atoms with Crippen LogP contribution in [0.2, 0.25) is 0 Å². The summed E-state index contributed by atoms with van der Waals surface area (Å²) in [6.45, 7) is 6.44. The molecule has 0 heterocycles. The summed E-state index contributed by atoms with van der Waals surface area (Å²) in [5, 5.41) is 10.0. The van der Waals surface area contributed by atoms with E-state index in [0.29, 0.717) is 19.4 Å². The van der Waals surface area contributed by atoms with E-state index in [1.807, 2.05) is 31.2 Å². The zero-order valence-electron chi connectivity index (χ0n) is 17.9. The molecule has 0 bridgehead atoms. The van der Waals surface area contributed by atoms with Crippen molar-refractivity contribution in [2.45, 2.75) is 51.5 Å². The summed E-state index contributed by atoms with van der Waals surface area (Å²) in [6.07, 6.45) is 1.12. The van der Waals surface area contributed by atoms with Gasteiger partial charge in [-0.15, -0.1) is 0 Å². The van der Waals surface area contributed by atoms with Crippen LogP contribution in [0.4, 0.5) is 4.79 Å². The lowest BCUT2D eigenvalue weighted by Crippen LogP contribution is -2.56. The fourth-order valence-corrected chi connectivity index (χ4v) is 5.32. The molecule has 1 fully saturated rings. The molecular formula is C25H29NO4. The number of carboxylic acids is 1. The number of ether oxygens (including phenoxy) is 1. The second kappa shape index (κ2) is 7.46. The number of hydrogen-bond acceptors (Lipinski definition) is 3. The highest BCUT2D eigenvalue weighted by atomic mass is 16.6. The van der Waals surface area contributed by atoms with Crippen molar-refractivity contribution in [1.82, 2.24) is 4.90 Å². The van der Waals surface area contributed by atoms with Crippen LogP contribution in [-0.2, 0) is 9.53 Å². The number of amides is 1. The summed E-state index contributed by atoms with van der Waals surface area (Å²) in [5.74, 6) is -0.982. The molecule has 0 spiro atoms. The first-order valence-electron chi connectivity index (χ1n) is 10.6. The van der Waals surface area contributed by atoms with Gasteiger partial charge in [-0.2, -0.15) is 0 Å². The molecule has 2 aliphatic carbocycles. The highest BCUT2D eigenvalue weighted by Gasteiger charge is 2.54. The molecule has 2 aromatic carbocycles. The minimum Gasteiger partial charge on any atom is -0.479 e. The average molecular weight is 408 g/mol. The van der Waals surface area contributed by atoms with Gasteiger partial charge in [-0.3, -0.25) is 4.90 Å². The number of aliphatic carboxylic acids is 1. The second-order valence-corrected chi connectivity index (χ2v) is 9.23. The predicted molar refractivity (Wildman–Crippen MR) is 115 cm³/mol. The van der Waals surface area contributed by atoms with Crippen LogP contribution in [-0.4, -0.2) is 40.8 Å². The molecule has 158 valence electrons. The Morgan fingerprint density at radius 2 is 1.60 bits per heavy atom. The van der Waals surface area contributed by atoms with Crippen molar-refractivity contribution in [3.8, 4) is 11.1 Å². The highest BCUT2D eigenvalue weighted by Crippen LogP contribution is 2.48. The second-order valence-electron chi connectivity index (χ2n) is 9.23. The van der Waals surface area contributed by atoms with Gasteiger partial charge in [-0.05, 0) is 53.9 Å². The molecule has 30 heavy (non-hydrogen) atoms. The van der Waals surface area contributed by atoms with Crippen molar-refractivity contribution in [1.29, 1.82) is 0 Å². The van der Waals surface area contributed by atoms with Crippen LogP contribution >= 0.6 is 0 Å². The lowest BCUT2D eigenvalue weighted by molar-refractivity contribution is -0.150. The van der Waals surface area contributed by atoms with E-state index in [1.165, 1.54) is 16.0 Å². The molecule has 1 atom stereocenters. The van der Waals surface area contributed by atoms with E-state index < -0.39 is 17.6 Å². The van der Waals surface area contributed by atoms with E-state index in [2.05, 4.69) is 38.1 Å². The molecule has 2 aromatic rings. The van der Waals surface area contributed by atoms with Gasteiger partial charge < -0.3 is 9.84 Å². The largest absolute Gasteiger partial charge is 0.479 e. The Bertz CT molecular complexity index is 937. The van der Waals surface area contributed by atoms with Gasteiger partial charge in [0.25, 0.3) is 0 Å². The van der Waals surface area contributed by atoms with Crippen LogP contribution in [0.15, 0.2) is 48.5 Å². The van der Waals surface area contributed by atoms with Crippen LogP contribution in [0.25, 0.3) is 11.1 Å². The third-order valence-electron chi connectivity index (χ3n) is 6.77. The van der Waals surface area contributed by atoms with E-state index in [4.69, 9.17) is 4.74 Å². The van der Waals surface area contributed by atoms with Crippen LogP contribution < -0.4 is 0 Å². The van der Waals surface area contributed by atoms with Crippen LogP contribution in [0.1, 0.15) is 57.1 Å². The molecule has 5 nitrogen and oxygen atoms in total. The Balaban J connectivity index is 1.56. The molecule has 4 rings (SSSR count). The maximum Gasteiger partial charge on any atom is 0.410 e. The number of carbonyl (C=O) groups excluding carboxylic acids is 1. The van der Waals surface area contributed by atoms with Crippen LogP contribution in [0.3, 0.4) is 0 Å². The average Bonchev–Trinajstić information content (AvgIpc) is 3.22. The van der Waals surface area contributed by atoms with Gasteiger partial charge in [0.15, 0.2) is 0 Å². The standard InChI is InChI=1S/C25H29NO4/c1-4-26(25(22(27)28)14-13-24(2,3)16-25)23(29)30-15-21-19-11-7-5-9-17(19)18-10-6-8-12-20(18)21/h5-12,21H,4,13-16H2,1-3H3,(H,27,28). The normalized spacial score (nSPS) is 21.7. The van der Waals surface area contributed by atoms with Gasteiger partial charge in [-0.25, -0.2) is 9.59 Å². The zero-order chi connectivity index (χ0) is 21.5. The fourth-order valence-electron chi connectivity index (χ4n) is 5.32. The van der Waals surface area contributed by atoms with Gasteiger partial charge in [0.2, 0.25) is 0 Å². The maximum absolute atomic E-state index is 13.1. The summed E-state index contributed by atoms with van der Waals surface area (Å²) in [4.78, 5) is 26.8. The van der Waals surface area contributed by atoms with Crippen molar-refractivity contribution < 1.29 is 19.4 Å². The highest BCUT2D eigenvalue weighted by molar-refractivity contribution is 5.85. The number of hydrogen-bond donors (Lipinski definition) is 1. The van der Waals surface area contributed by atoms with Crippen LogP contribution in [0, 0.1) is 5.41 Å². The maximum atomic E-state index is 13.1. The van der Waals surface area contributed by atoms with Crippen molar-refractivity contribution in [3.05, 3.63) is 59.7 Å². The van der Waals surface area contributed by atoms with Gasteiger partial charge in [-0.1, -0.05) is 62.4 Å². The first-order chi connectivity index (χ1) is 14.3. The Labute approximate surface area is 177 Å². The molecule has 1 N–H and O–H groups in total. The van der Waals surface area contributed by atoms with Crippen molar-refractivity contribution in [3.63, 3.8) is 0 Å². The summed E-state index contributed by atoms with van der Waals surface area (Å²) in [7, 11) is 0. The minimum atomic E-state index is -1.19. The van der Waals surface area contributed by atoms with Crippen molar-refractivity contribution in [2.75, 3.05) is 13.2 Å². The number of nitrogens with zero attached hydrogens (tertiary/aromatic N) is 1. The van der Waals surface area contributed by atoms with E-state index >= 15 is 0 Å². The monoisotopic (exact) mass is 407 g/mol. The summed E-state index contributed by atoms with van der Waals surface area (Å²) >= 11 is 0. The van der Waals surface area contributed by atoms with Gasteiger partial charge in [0, 0.05) is 12.5 Å². The topological polar surface area (TPSA) is 66.8 Å². The molecular weight excluding hydrogens is 378 g/mol. The minimum absolute atomic E-state index is 0.0409. The molecule has 2 aliphatic rings. The molecule has 5 heteroatoms. The van der Waals surface area contributed by atoms with Gasteiger partial charge in [0.05, 0.1) is 0 Å².